The fourth-order valence-electron chi connectivity index (χ4n) is 1.73. The molecule has 0 saturated carbocycles. The maximum atomic E-state index is 9.97. The van der Waals surface area contributed by atoms with Gasteiger partial charge in [0.05, 0.1) is 6.54 Å². The van der Waals surface area contributed by atoms with Crippen LogP contribution in [0.1, 0.15) is 5.56 Å². The third-order valence-corrected chi connectivity index (χ3v) is 2.44. The number of hydrogen-bond acceptors (Lipinski definition) is 2. The normalized spacial score (nSPS) is 9.87. The Balaban J connectivity index is 2.37. The van der Waals surface area contributed by atoms with Crippen molar-refractivity contribution in [2.24, 2.45) is 4.99 Å². The summed E-state index contributed by atoms with van der Waals surface area (Å²) in [6, 6.07) is 14.4. The van der Waals surface area contributed by atoms with E-state index in [-0.39, 0.29) is 0 Å². The van der Waals surface area contributed by atoms with E-state index >= 15 is 0 Å². The molecule has 74 valence electrons. The van der Waals surface area contributed by atoms with Gasteiger partial charge in [0.1, 0.15) is 0 Å². The molecule has 2 heteroatoms. The molecule has 2 aromatic carbocycles. The number of nitrogens with zero attached hydrogens (tertiary/aromatic N) is 1. The lowest BCUT2D eigenvalue weighted by molar-refractivity contribution is 0.563. The van der Waals surface area contributed by atoms with Crippen LogP contribution in [0.25, 0.3) is 10.8 Å². The van der Waals surface area contributed by atoms with Crippen molar-refractivity contribution in [2.75, 3.05) is 6.54 Å². The van der Waals surface area contributed by atoms with Crippen molar-refractivity contribution < 1.29 is 4.79 Å². The summed E-state index contributed by atoms with van der Waals surface area (Å²) in [7, 11) is 0. The molecule has 0 amide bonds. The highest BCUT2D eigenvalue weighted by Gasteiger charge is 1.98. The maximum Gasteiger partial charge on any atom is 0.234 e. The average molecular weight is 197 g/mol. The van der Waals surface area contributed by atoms with E-state index < -0.39 is 0 Å². The second kappa shape index (κ2) is 4.54. The number of hydrogen-bond donors (Lipinski definition) is 0. The van der Waals surface area contributed by atoms with Gasteiger partial charge >= 0.3 is 0 Å². The number of benzene rings is 2. The summed E-state index contributed by atoms with van der Waals surface area (Å²) in [5.74, 6) is 0. The van der Waals surface area contributed by atoms with Crippen LogP contribution in [0.5, 0.6) is 0 Å². The molecule has 0 atom stereocenters. The highest BCUT2D eigenvalue weighted by Crippen LogP contribution is 2.18. The molecule has 0 aliphatic rings. The van der Waals surface area contributed by atoms with Crippen molar-refractivity contribution in [3.05, 3.63) is 48.0 Å². The van der Waals surface area contributed by atoms with E-state index in [0.29, 0.717) is 6.54 Å². The molecule has 2 aromatic rings. The van der Waals surface area contributed by atoms with Gasteiger partial charge in [-0.3, -0.25) is 0 Å². The third kappa shape index (κ3) is 2.12. The number of carbonyl (C=O) groups excluding carboxylic acids is 1. The molecular formula is C13H11NO. The molecule has 0 aromatic heterocycles. The van der Waals surface area contributed by atoms with Gasteiger partial charge in [-0.05, 0) is 22.8 Å². The summed E-state index contributed by atoms with van der Waals surface area (Å²) < 4.78 is 0. The SMILES string of the molecule is O=C=NCCc1cccc2ccccc12. The minimum atomic E-state index is 0.511. The predicted molar refractivity (Wildman–Crippen MR) is 60.6 cm³/mol. The number of isocyanates is 1. The lowest BCUT2D eigenvalue weighted by Gasteiger charge is -2.03. The van der Waals surface area contributed by atoms with E-state index in [2.05, 4.69) is 29.3 Å². The van der Waals surface area contributed by atoms with Crippen LogP contribution < -0.4 is 0 Å². The molecule has 0 heterocycles. The average Bonchev–Trinajstić information content (AvgIpc) is 2.30. The zero-order valence-corrected chi connectivity index (χ0v) is 8.31. The van der Waals surface area contributed by atoms with Gasteiger partial charge in [-0.25, -0.2) is 9.79 Å². The Hall–Kier alpha value is -1.92. The van der Waals surface area contributed by atoms with Crippen LogP contribution in [-0.2, 0) is 11.2 Å². The van der Waals surface area contributed by atoms with Crippen LogP contribution in [0.2, 0.25) is 0 Å². The van der Waals surface area contributed by atoms with Crippen LogP contribution in [0.15, 0.2) is 47.5 Å². The third-order valence-electron chi connectivity index (χ3n) is 2.44. The van der Waals surface area contributed by atoms with Crippen molar-refractivity contribution >= 4 is 16.9 Å². The summed E-state index contributed by atoms with van der Waals surface area (Å²) in [4.78, 5) is 13.5. The number of aliphatic imine (C=N–C) groups is 1. The first-order valence-corrected chi connectivity index (χ1v) is 4.92. The predicted octanol–water partition coefficient (Wildman–Crippen LogP) is 2.72. The highest BCUT2D eigenvalue weighted by atomic mass is 16.1. The molecule has 0 bridgehead atoms. The minimum absolute atomic E-state index is 0.511. The van der Waals surface area contributed by atoms with Gasteiger partial charge in [0.25, 0.3) is 0 Å². The van der Waals surface area contributed by atoms with Gasteiger partial charge < -0.3 is 0 Å². The molecule has 0 radical (unpaired) electrons. The molecule has 0 aliphatic carbocycles. The summed E-state index contributed by atoms with van der Waals surface area (Å²) in [5.41, 5.74) is 1.23. The summed E-state index contributed by atoms with van der Waals surface area (Å²) in [6.07, 6.45) is 2.35. The Morgan fingerprint density at radius 1 is 1.07 bits per heavy atom. The zero-order chi connectivity index (χ0) is 10.5. The summed E-state index contributed by atoms with van der Waals surface area (Å²) >= 11 is 0. The highest BCUT2D eigenvalue weighted by molar-refractivity contribution is 5.85. The fraction of sp³-hybridized carbons (Fsp3) is 0.154. The van der Waals surface area contributed by atoms with Crippen molar-refractivity contribution in [1.82, 2.24) is 0 Å². The quantitative estimate of drug-likeness (QED) is 0.549. The van der Waals surface area contributed by atoms with E-state index in [4.69, 9.17) is 0 Å². The minimum Gasteiger partial charge on any atom is -0.211 e. The molecule has 2 nitrogen and oxygen atoms in total. The maximum absolute atomic E-state index is 9.97. The van der Waals surface area contributed by atoms with Crippen molar-refractivity contribution in [3.63, 3.8) is 0 Å². The molecular weight excluding hydrogens is 186 g/mol. The summed E-state index contributed by atoms with van der Waals surface area (Å²) in [6.45, 7) is 0.511. The first-order valence-electron chi connectivity index (χ1n) is 4.92. The van der Waals surface area contributed by atoms with E-state index in [1.807, 2.05) is 18.2 Å². The molecule has 0 unspecified atom stereocenters. The Morgan fingerprint density at radius 2 is 1.87 bits per heavy atom. The van der Waals surface area contributed by atoms with Gasteiger partial charge in [-0.1, -0.05) is 42.5 Å². The van der Waals surface area contributed by atoms with Crippen LogP contribution in [0.4, 0.5) is 0 Å². The zero-order valence-electron chi connectivity index (χ0n) is 8.31. The first-order chi connectivity index (χ1) is 7.42. The molecule has 0 fully saturated rings. The molecule has 0 spiro atoms. The van der Waals surface area contributed by atoms with Gasteiger partial charge in [-0.15, -0.1) is 0 Å². The lowest BCUT2D eigenvalue weighted by atomic mass is 10.0. The van der Waals surface area contributed by atoms with Gasteiger partial charge in [0.2, 0.25) is 6.08 Å². The molecule has 0 N–H and O–H groups in total. The Bertz CT molecular complexity index is 507. The lowest BCUT2D eigenvalue weighted by Crippen LogP contribution is -1.90. The smallest absolute Gasteiger partial charge is 0.211 e. The molecule has 2 rings (SSSR count). The standard InChI is InChI=1S/C13H11NO/c15-10-14-9-8-12-6-3-5-11-4-1-2-7-13(11)12/h1-7H,8-9H2. The van der Waals surface area contributed by atoms with Crippen molar-refractivity contribution in [2.45, 2.75) is 6.42 Å². The van der Waals surface area contributed by atoms with Gasteiger partial charge in [0.15, 0.2) is 0 Å². The van der Waals surface area contributed by atoms with Crippen molar-refractivity contribution in [1.29, 1.82) is 0 Å². The molecule has 15 heavy (non-hydrogen) atoms. The first kappa shape index (κ1) is 9.63. The van der Waals surface area contributed by atoms with Crippen molar-refractivity contribution in [3.8, 4) is 0 Å². The van der Waals surface area contributed by atoms with Crippen LogP contribution in [0.3, 0.4) is 0 Å². The van der Waals surface area contributed by atoms with Gasteiger partial charge in [-0.2, -0.15) is 0 Å². The topological polar surface area (TPSA) is 29.4 Å². The summed E-state index contributed by atoms with van der Waals surface area (Å²) in [5, 5.41) is 2.46. The fourth-order valence-corrected chi connectivity index (χ4v) is 1.73. The van der Waals surface area contributed by atoms with E-state index in [1.54, 1.807) is 6.08 Å². The van der Waals surface area contributed by atoms with Crippen LogP contribution >= 0.6 is 0 Å². The Labute approximate surface area is 88.3 Å². The van der Waals surface area contributed by atoms with Crippen LogP contribution in [-0.4, -0.2) is 12.6 Å². The van der Waals surface area contributed by atoms with E-state index in [9.17, 15) is 4.79 Å². The van der Waals surface area contributed by atoms with E-state index in [1.165, 1.54) is 16.3 Å². The Kier molecular flexibility index (Phi) is 2.91. The Morgan fingerprint density at radius 3 is 2.73 bits per heavy atom. The van der Waals surface area contributed by atoms with Gasteiger partial charge in [0, 0.05) is 0 Å². The number of rotatable bonds is 3. The number of fused-ring (bicyclic) bond motifs is 1. The van der Waals surface area contributed by atoms with E-state index in [0.717, 1.165) is 6.42 Å². The van der Waals surface area contributed by atoms with Crippen LogP contribution in [0, 0.1) is 0 Å². The largest absolute Gasteiger partial charge is 0.234 e. The monoisotopic (exact) mass is 197 g/mol. The second-order valence-electron chi connectivity index (χ2n) is 3.36. The molecule has 0 saturated heterocycles. The molecule has 0 aliphatic heterocycles. The second-order valence-corrected chi connectivity index (χ2v) is 3.36.